The second kappa shape index (κ2) is 10.7. The van der Waals surface area contributed by atoms with Gasteiger partial charge >= 0.3 is 0 Å². The second-order valence-corrected chi connectivity index (χ2v) is 8.62. The van der Waals surface area contributed by atoms with Gasteiger partial charge in [-0.3, -0.25) is 10.1 Å². The minimum absolute atomic E-state index is 0.00448. The van der Waals surface area contributed by atoms with Crippen LogP contribution >= 0.6 is 0 Å². The Morgan fingerprint density at radius 2 is 1.20 bits per heavy atom. The number of hydrogen-bond acceptors (Lipinski definition) is 9. The fraction of sp³-hybridized carbons (Fsp3) is 0.280. The number of nitrogens with zero attached hydrogens (tertiary/aromatic N) is 6. The van der Waals surface area contributed by atoms with Crippen LogP contribution in [0, 0.1) is 10.1 Å². The van der Waals surface area contributed by atoms with E-state index in [9.17, 15) is 10.1 Å². The average Bonchev–Trinajstić information content (AvgIpc) is 2.85. The molecule has 0 fully saturated rings. The van der Waals surface area contributed by atoms with Gasteiger partial charge in [0.1, 0.15) is 22.9 Å². The summed E-state index contributed by atoms with van der Waals surface area (Å²) >= 11 is 0. The van der Waals surface area contributed by atoms with Crippen LogP contribution in [0.3, 0.4) is 0 Å². The highest BCUT2D eigenvalue weighted by atomic mass is 16.6. The van der Waals surface area contributed by atoms with E-state index in [1.165, 1.54) is 38.5 Å². The molecule has 10 heteroatoms. The molecule has 0 saturated carbocycles. The van der Waals surface area contributed by atoms with E-state index in [0.717, 1.165) is 5.69 Å². The van der Waals surface area contributed by atoms with Crippen molar-refractivity contribution < 1.29 is 14.4 Å². The summed E-state index contributed by atoms with van der Waals surface area (Å²) in [7, 11) is 5.08. The van der Waals surface area contributed by atoms with Gasteiger partial charge in [0.05, 0.1) is 30.5 Å². The van der Waals surface area contributed by atoms with Crippen molar-refractivity contribution in [1.29, 1.82) is 0 Å². The number of azo groups is 2. The molecule has 0 N–H and O–H groups in total. The van der Waals surface area contributed by atoms with E-state index in [4.69, 9.17) is 9.47 Å². The standard InChI is InChI=1S/C25H28N6O4/c1-25(2,3)30(4)19-11-7-17(8-12-19)26-28-21-15-24(35-6)22(16-23(21)34-5)29-27-18-9-13-20(14-10-18)31(32)33/h7-16H,1-6H3/b28-26+,29-27+. The topological polar surface area (TPSA) is 114 Å². The molecular formula is C25H28N6O4. The lowest BCUT2D eigenvalue weighted by molar-refractivity contribution is -0.384. The molecule has 0 saturated heterocycles. The summed E-state index contributed by atoms with van der Waals surface area (Å²) in [5, 5.41) is 27.8. The highest BCUT2D eigenvalue weighted by Gasteiger charge is 2.17. The van der Waals surface area contributed by atoms with Crippen molar-refractivity contribution in [3.05, 3.63) is 70.8 Å². The van der Waals surface area contributed by atoms with E-state index >= 15 is 0 Å². The molecule has 0 unspecified atom stereocenters. The first-order chi connectivity index (χ1) is 16.6. The molecular weight excluding hydrogens is 448 g/mol. The predicted molar refractivity (Wildman–Crippen MR) is 136 cm³/mol. The SMILES string of the molecule is COc1cc(/N=N/c2ccc([N+](=O)[O-])cc2)c(OC)cc1/N=N/c1ccc(N(C)C(C)(C)C)cc1. The fourth-order valence-corrected chi connectivity index (χ4v) is 3.02. The normalized spacial score (nSPS) is 11.7. The fourth-order valence-electron chi connectivity index (χ4n) is 3.02. The Bertz CT molecular complexity index is 1230. The van der Waals surface area contributed by atoms with Crippen LogP contribution in [0.2, 0.25) is 0 Å². The molecule has 0 aliphatic rings. The van der Waals surface area contributed by atoms with Crippen LogP contribution in [0.15, 0.2) is 81.1 Å². The van der Waals surface area contributed by atoms with Crippen LogP contribution in [-0.4, -0.2) is 31.7 Å². The Labute approximate surface area is 204 Å². The van der Waals surface area contributed by atoms with E-state index in [-0.39, 0.29) is 11.2 Å². The third-order valence-corrected chi connectivity index (χ3v) is 5.33. The Morgan fingerprint density at radius 3 is 1.57 bits per heavy atom. The molecule has 3 aromatic carbocycles. The van der Waals surface area contributed by atoms with Gasteiger partial charge in [-0.1, -0.05) is 0 Å². The highest BCUT2D eigenvalue weighted by molar-refractivity contribution is 5.66. The third-order valence-electron chi connectivity index (χ3n) is 5.33. The summed E-state index contributed by atoms with van der Waals surface area (Å²) < 4.78 is 10.9. The molecule has 0 bridgehead atoms. The molecule has 0 radical (unpaired) electrons. The first-order valence-electron chi connectivity index (χ1n) is 10.8. The average molecular weight is 477 g/mol. The number of rotatable bonds is 8. The Morgan fingerprint density at radius 1 is 0.771 bits per heavy atom. The highest BCUT2D eigenvalue weighted by Crippen LogP contribution is 2.41. The molecule has 0 amide bonds. The first kappa shape index (κ1) is 25.3. The van der Waals surface area contributed by atoms with Gasteiger partial charge in [-0.15, -0.1) is 10.2 Å². The van der Waals surface area contributed by atoms with Crippen molar-refractivity contribution in [2.75, 3.05) is 26.2 Å². The van der Waals surface area contributed by atoms with Crippen LogP contribution < -0.4 is 14.4 Å². The van der Waals surface area contributed by atoms with Crippen molar-refractivity contribution >= 4 is 34.1 Å². The van der Waals surface area contributed by atoms with E-state index < -0.39 is 4.92 Å². The Hall–Kier alpha value is -4.34. The maximum Gasteiger partial charge on any atom is 0.269 e. The summed E-state index contributed by atoms with van der Waals surface area (Å²) in [6.45, 7) is 6.44. The van der Waals surface area contributed by atoms with Gasteiger partial charge in [0, 0.05) is 42.5 Å². The molecule has 3 rings (SSSR count). The Balaban J connectivity index is 1.83. The minimum Gasteiger partial charge on any atom is -0.494 e. The number of nitro benzene ring substituents is 1. The zero-order valence-electron chi connectivity index (χ0n) is 20.6. The number of methoxy groups -OCH3 is 2. The third kappa shape index (κ3) is 6.38. The van der Waals surface area contributed by atoms with Crippen molar-refractivity contribution in [2.45, 2.75) is 26.3 Å². The number of nitro groups is 1. The molecule has 182 valence electrons. The number of anilines is 1. The molecule has 0 atom stereocenters. The van der Waals surface area contributed by atoms with E-state index in [1.54, 1.807) is 12.1 Å². The molecule has 0 aliphatic carbocycles. The van der Waals surface area contributed by atoms with Crippen LogP contribution in [0.1, 0.15) is 20.8 Å². The predicted octanol–water partition coefficient (Wildman–Crippen LogP) is 7.68. The summed E-state index contributed by atoms with van der Waals surface area (Å²) in [6, 6.07) is 16.9. The first-order valence-corrected chi connectivity index (χ1v) is 10.8. The van der Waals surface area contributed by atoms with Gasteiger partial charge in [0.2, 0.25) is 0 Å². The van der Waals surface area contributed by atoms with Gasteiger partial charge in [-0.25, -0.2) is 0 Å². The van der Waals surface area contributed by atoms with Gasteiger partial charge in [0.15, 0.2) is 0 Å². The number of hydrogen-bond donors (Lipinski definition) is 0. The van der Waals surface area contributed by atoms with Crippen molar-refractivity contribution in [2.24, 2.45) is 20.5 Å². The molecule has 3 aromatic rings. The summed E-state index contributed by atoms with van der Waals surface area (Å²) in [5.41, 5.74) is 3.10. The number of non-ortho nitro benzene ring substituents is 1. The summed E-state index contributed by atoms with van der Waals surface area (Å²) in [6.07, 6.45) is 0. The molecule has 0 spiro atoms. The zero-order valence-corrected chi connectivity index (χ0v) is 20.6. The molecule has 0 heterocycles. The summed E-state index contributed by atoms with van der Waals surface area (Å²) in [5.74, 6) is 0.865. The van der Waals surface area contributed by atoms with Crippen LogP contribution in [-0.2, 0) is 0 Å². The van der Waals surface area contributed by atoms with Gasteiger partial charge < -0.3 is 14.4 Å². The van der Waals surface area contributed by atoms with Gasteiger partial charge in [-0.05, 0) is 57.2 Å². The maximum atomic E-state index is 10.8. The number of ether oxygens (including phenoxy) is 2. The lowest BCUT2D eigenvalue weighted by atomic mass is 10.1. The van der Waals surface area contributed by atoms with Crippen LogP contribution in [0.5, 0.6) is 11.5 Å². The monoisotopic (exact) mass is 476 g/mol. The quantitative estimate of drug-likeness (QED) is 0.188. The van der Waals surface area contributed by atoms with Crippen molar-refractivity contribution in [1.82, 2.24) is 0 Å². The van der Waals surface area contributed by atoms with Crippen LogP contribution in [0.25, 0.3) is 0 Å². The Kier molecular flexibility index (Phi) is 7.75. The lowest BCUT2D eigenvalue weighted by Gasteiger charge is -2.34. The largest absolute Gasteiger partial charge is 0.494 e. The zero-order chi connectivity index (χ0) is 25.6. The minimum atomic E-state index is -0.471. The second-order valence-electron chi connectivity index (χ2n) is 8.62. The molecule has 10 nitrogen and oxygen atoms in total. The molecule has 35 heavy (non-hydrogen) atoms. The van der Waals surface area contributed by atoms with E-state index in [0.29, 0.717) is 34.2 Å². The van der Waals surface area contributed by atoms with Crippen LogP contribution in [0.4, 0.5) is 34.1 Å². The maximum absolute atomic E-state index is 10.8. The van der Waals surface area contributed by atoms with Crippen molar-refractivity contribution in [3.8, 4) is 11.5 Å². The van der Waals surface area contributed by atoms with E-state index in [1.807, 2.05) is 31.3 Å². The molecule has 0 aliphatic heterocycles. The van der Waals surface area contributed by atoms with E-state index in [2.05, 4.69) is 46.1 Å². The van der Waals surface area contributed by atoms with Gasteiger partial charge in [-0.2, -0.15) is 10.2 Å². The smallest absolute Gasteiger partial charge is 0.269 e. The molecule has 0 aromatic heterocycles. The lowest BCUT2D eigenvalue weighted by Crippen LogP contribution is -2.37. The van der Waals surface area contributed by atoms with Gasteiger partial charge in [0.25, 0.3) is 5.69 Å². The number of benzene rings is 3. The summed E-state index contributed by atoms with van der Waals surface area (Å²) in [4.78, 5) is 12.5. The van der Waals surface area contributed by atoms with Crippen molar-refractivity contribution in [3.63, 3.8) is 0 Å².